The highest BCUT2D eigenvalue weighted by Gasteiger charge is 2.39. The van der Waals surface area contributed by atoms with E-state index in [9.17, 15) is 4.79 Å². The summed E-state index contributed by atoms with van der Waals surface area (Å²) in [5, 5.41) is 8.25. The maximum Gasteiger partial charge on any atom is 0.316 e. The highest BCUT2D eigenvalue weighted by Crippen LogP contribution is 2.40. The zero-order chi connectivity index (χ0) is 21.0. The van der Waals surface area contributed by atoms with Crippen LogP contribution in [0.4, 0.5) is 4.79 Å². The molecule has 3 nitrogen and oxygen atoms in total. The fourth-order valence-corrected chi connectivity index (χ4v) is 5.54. The van der Waals surface area contributed by atoms with E-state index in [2.05, 4.69) is 34.9 Å². The minimum atomic E-state index is -0.331. The van der Waals surface area contributed by atoms with Crippen molar-refractivity contribution in [1.29, 1.82) is 0 Å². The normalized spacial score (nSPS) is 20.3. The highest BCUT2D eigenvalue weighted by molar-refractivity contribution is 6.30. The molecule has 0 aromatic heterocycles. The largest absolute Gasteiger partial charge is 0.329 e. The van der Waals surface area contributed by atoms with Crippen LogP contribution in [0.15, 0.2) is 48.5 Å². The summed E-state index contributed by atoms with van der Waals surface area (Å²) in [6.45, 7) is 0. The van der Waals surface area contributed by atoms with Gasteiger partial charge in [0.15, 0.2) is 0 Å². The topological polar surface area (TPSA) is 41.1 Å². The van der Waals surface area contributed by atoms with Crippen molar-refractivity contribution in [3.63, 3.8) is 0 Å². The third-order valence-corrected chi connectivity index (χ3v) is 7.42. The molecule has 0 saturated heterocycles. The molecule has 30 heavy (non-hydrogen) atoms. The standard InChI is InChI=1S/C25H30Cl2N2O/c26-21-11-7-19(8-12-21)24(15-3-1-4-16-24)28-23(30)29-25(17-5-2-6-18-25)20-9-13-22(27)14-10-20/h7-14H,1-6,15-18H2,(H2,28,29,30). The summed E-state index contributed by atoms with van der Waals surface area (Å²) in [6, 6.07) is 15.8. The number of nitrogens with one attached hydrogen (secondary N) is 2. The van der Waals surface area contributed by atoms with Gasteiger partial charge in [-0.1, -0.05) is 86.0 Å². The maximum atomic E-state index is 13.4. The van der Waals surface area contributed by atoms with Gasteiger partial charge in [-0.2, -0.15) is 0 Å². The first-order valence-corrected chi connectivity index (χ1v) is 11.9. The minimum Gasteiger partial charge on any atom is -0.329 e. The molecule has 0 atom stereocenters. The Kier molecular flexibility index (Phi) is 6.60. The van der Waals surface area contributed by atoms with Crippen molar-refractivity contribution in [3.8, 4) is 0 Å². The molecule has 2 aromatic carbocycles. The molecule has 2 amide bonds. The Morgan fingerprint density at radius 1 is 0.600 bits per heavy atom. The lowest BCUT2D eigenvalue weighted by Gasteiger charge is -2.42. The molecule has 2 aliphatic carbocycles. The molecule has 0 radical (unpaired) electrons. The van der Waals surface area contributed by atoms with Gasteiger partial charge in [-0.25, -0.2) is 4.79 Å². The van der Waals surface area contributed by atoms with Gasteiger partial charge in [-0.05, 0) is 61.1 Å². The summed E-state index contributed by atoms with van der Waals surface area (Å²) in [7, 11) is 0. The van der Waals surface area contributed by atoms with Gasteiger partial charge in [-0.15, -0.1) is 0 Å². The van der Waals surface area contributed by atoms with Crippen molar-refractivity contribution in [2.75, 3.05) is 0 Å². The first-order valence-electron chi connectivity index (χ1n) is 11.1. The number of carbonyl (C=O) groups is 1. The Morgan fingerprint density at radius 2 is 0.933 bits per heavy atom. The second-order valence-corrected chi connectivity index (χ2v) is 9.75. The molecule has 0 bridgehead atoms. The number of halogens is 2. The number of hydrogen-bond acceptors (Lipinski definition) is 1. The van der Waals surface area contributed by atoms with E-state index in [1.54, 1.807) is 0 Å². The van der Waals surface area contributed by atoms with Gasteiger partial charge >= 0.3 is 6.03 Å². The molecule has 0 heterocycles. The summed E-state index contributed by atoms with van der Waals surface area (Å²) >= 11 is 12.2. The van der Waals surface area contributed by atoms with Crippen molar-refractivity contribution in [2.24, 2.45) is 0 Å². The molecule has 2 aromatic rings. The highest BCUT2D eigenvalue weighted by atomic mass is 35.5. The molecule has 2 saturated carbocycles. The van der Waals surface area contributed by atoms with Gasteiger partial charge in [0.2, 0.25) is 0 Å². The predicted octanol–water partition coefficient (Wildman–Crippen LogP) is 7.31. The fraction of sp³-hybridized carbons (Fsp3) is 0.480. The molecule has 0 unspecified atom stereocenters. The number of rotatable bonds is 4. The number of hydrogen-bond donors (Lipinski definition) is 2. The molecule has 5 heteroatoms. The average molecular weight is 445 g/mol. The summed E-state index contributed by atoms with van der Waals surface area (Å²) in [4.78, 5) is 13.4. The van der Waals surface area contributed by atoms with Gasteiger partial charge in [0.25, 0.3) is 0 Å². The van der Waals surface area contributed by atoms with Crippen LogP contribution in [0.3, 0.4) is 0 Å². The van der Waals surface area contributed by atoms with Gasteiger partial charge < -0.3 is 10.6 Å². The van der Waals surface area contributed by atoms with Gasteiger partial charge in [0, 0.05) is 10.0 Å². The van der Waals surface area contributed by atoms with E-state index in [4.69, 9.17) is 23.2 Å². The van der Waals surface area contributed by atoms with Crippen LogP contribution < -0.4 is 10.6 Å². The molecule has 4 rings (SSSR count). The predicted molar refractivity (Wildman–Crippen MR) is 124 cm³/mol. The average Bonchev–Trinajstić information content (AvgIpc) is 2.76. The monoisotopic (exact) mass is 444 g/mol. The Labute approximate surface area is 189 Å². The van der Waals surface area contributed by atoms with Crippen LogP contribution in [0.2, 0.25) is 10.0 Å². The van der Waals surface area contributed by atoms with Gasteiger partial charge in [0.1, 0.15) is 0 Å². The lowest BCUT2D eigenvalue weighted by atomic mass is 9.75. The lowest BCUT2D eigenvalue weighted by molar-refractivity contribution is 0.177. The van der Waals surface area contributed by atoms with Gasteiger partial charge in [0.05, 0.1) is 11.1 Å². The van der Waals surface area contributed by atoms with E-state index in [0.717, 1.165) is 72.5 Å². The van der Waals surface area contributed by atoms with E-state index in [1.807, 2.05) is 24.3 Å². The molecule has 160 valence electrons. The molecule has 0 aliphatic heterocycles. The Bertz CT molecular complexity index is 780. The van der Waals surface area contributed by atoms with E-state index in [-0.39, 0.29) is 17.1 Å². The quantitative estimate of drug-likeness (QED) is 0.509. The first-order chi connectivity index (χ1) is 14.5. The fourth-order valence-electron chi connectivity index (χ4n) is 5.29. The van der Waals surface area contributed by atoms with E-state index in [0.29, 0.717) is 0 Å². The van der Waals surface area contributed by atoms with Crippen LogP contribution in [0.5, 0.6) is 0 Å². The molecule has 2 fully saturated rings. The lowest BCUT2D eigenvalue weighted by Crippen LogP contribution is -2.56. The Hall–Kier alpha value is -1.71. The third-order valence-electron chi connectivity index (χ3n) is 6.91. The number of benzene rings is 2. The summed E-state index contributed by atoms with van der Waals surface area (Å²) in [5.74, 6) is 0. The zero-order valence-corrected chi connectivity index (χ0v) is 18.9. The van der Waals surface area contributed by atoms with Crippen LogP contribution >= 0.6 is 23.2 Å². The van der Waals surface area contributed by atoms with Crippen LogP contribution in [-0.4, -0.2) is 6.03 Å². The van der Waals surface area contributed by atoms with Gasteiger partial charge in [-0.3, -0.25) is 0 Å². The van der Waals surface area contributed by atoms with E-state index < -0.39 is 0 Å². The van der Waals surface area contributed by atoms with Crippen molar-refractivity contribution < 1.29 is 4.79 Å². The first kappa shape index (κ1) is 21.5. The minimum absolute atomic E-state index is 0.0799. The van der Waals surface area contributed by atoms with E-state index >= 15 is 0 Å². The van der Waals surface area contributed by atoms with Crippen molar-refractivity contribution >= 4 is 29.2 Å². The molecule has 2 N–H and O–H groups in total. The second kappa shape index (κ2) is 9.20. The molecular formula is C25H30Cl2N2O. The second-order valence-electron chi connectivity index (χ2n) is 8.88. The third kappa shape index (κ3) is 4.63. The van der Waals surface area contributed by atoms with Crippen molar-refractivity contribution in [2.45, 2.75) is 75.3 Å². The number of amides is 2. The van der Waals surface area contributed by atoms with Crippen molar-refractivity contribution in [1.82, 2.24) is 10.6 Å². The smallest absolute Gasteiger partial charge is 0.316 e. The zero-order valence-electron chi connectivity index (χ0n) is 17.4. The molecule has 2 aliphatic rings. The molecular weight excluding hydrogens is 415 g/mol. The maximum absolute atomic E-state index is 13.4. The van der Waals surface area contributed by atoms with Crippen LogP contribution in [0.1, 0.15) is 75.3 Å². The number of urea groups is 1. The summed E-state index contributed by atoms with van der Waals surface area (Å²) in [6.07, 6.45) is 10.7. The Morgan fingerprint density at radius 3 is 1.27 bits per heavy atom. The number of carbonyl (C=O) groups excluding carboxylic acids is 1. The SMILES string of the molecule is O=C(NC1(c2ccc(Cl)cc2)CCCCC1)NC1(c2ccc(Cl)cc2)CCCCC1. The van der Waals surface area contributed by atoms with Crippen LogP contribution in [-0.2, 0) is 11.1 Å². The van der Waals surface area contributed by atoms with Crippen molar-refractivity contribution in [3.05, 3.63) is 69.7 Å². The van der Waals surface area contributed by atoms with Crippen LogP contribution in [0, 0.1) is 0 Å². The van der Waals surface area contributed by atoms with E-state index in [1.165, 1.54) is 12.8 Å². The molecule has 0 spiro atoms. The summed E-state index contributed by atoms with van der Waals surface area (Å²) in [5.41, 5.74) is 1.63. The Balaban J connectivity index is 1.58. The van der Waals surface area contributed by atoms with Crippen LogP contribution in [0.25, 0.3) is 0 Å². The summed E-state index contributed by atoms with van der Waals surface area (Å²) < 4.78 is 0.